The summed E-state index contributed by atoms with van der Waals surface area (Å²) < 4.78 is 7.33. The lowest BCUT2D eigenvalue weighted by atomic mass is 10.1. The molecule has 0 aliphatic rings. The lowest BCUT2D eigenvalue weighted by Gasteiger charge is -2.11. The predicted octanol–water partition coefficient (Wildman–Crippen LogP) is 2.04. The van der Waals surface area contributed by atoms with E-state index in [2.05, 4.69) is 31.7 Å². The molecule has 1 aromatic carbocycles. The van der Waals surface area contributed by atoms with Gasteiger partial charge in [-0.2, -0.15) is 0 Å². The first-order valence-electron chi connectivity index (χ1n) is 9.26. The van der Waals surface area contributed by atoms with Crippen LogP contribution in [0.3, 0.4) is 0 Å². The Morgan fingerprint density at radius 2 is 2.04 bits per heavy atom. The van der Waals surface area contributed by atoms with E-state index in [1.54, 1.807) is 0 Å². The zero-order valence-corrected chi connectivity index (χ0v) is 15.9. The Morgan fingerprint density at radius 1 is 1.18 bits per heavy atom. The third-order valence-corrected chi connectivity index (χ3v) is 4.06. The molecule has 0 aliphatic heterocycles. The second-order valence-corrected chi connectivity index (χ2v) is 6.05. The predicted molar refractivity (Wildman–Crippen MR) is 110 cm³/mol. The number of pyridine rings is 1. The van der Waals surface area contributed by atoms with Gasteiger partial charge in [0.2, 0.25) is 0 Å². The number of hydrogen-bond acceptors (Lipinski definition) is 4. The maximum atomic E-state index is 5.39. The molecule has 0 saturated carbocycles. The summed E-state index contributed by atoms with van der Waals surface area (Å²) in [6.07, 6.45) is 8.01. The average molecular weight is 376 g/mol. The molecule has 2 heterocycles. The average Bonchev–Trinajstić information content (AvgIpc) is 3.14. The van der Waals surface area contributed by atoms with Crippen LogP contribution in [0, 0.1) is 12.3 Å². The number of guanidine groups is 1. The Morgan fingerprint density at radius 3 is 2.82 bits per heavy atom. The van der Waals surface area contributed by atoms with Gasteiger partial charge in [-0.25, -0.2) is 4.99 Å². The van der Waals surface area contributed by atoms with E-state index < -0.39 is 0 Å². The summed E-state index contributed by atoms with van der Waals surface area (Å²) in [4.78, 5) is 4.62. The Bertz CT molecular complexity index is 955. The van der Waals surface area contributed by atoms with Crippen molar-refractivity contribution in [2.24, 2.45) is 4.99 Å². The van der Waals surface area contributed by atoms with Gasteiger partial charge in [-0.15, -0.1) is 16.6 Å². The fraction of sp³-hybridized carbons (Fsp3) is 0.286. The molecule has 3 rings (SSSR count). The Balaban J connectivity index is 1.54. The van der Waals surface area contributed by atoms with Gasteiger partial charge < -0.3 is 15.4 Å². The van der Waals surface area contributed by atoms with Gasteiger partial charge in [-0.05, 0) is 43.2 Å². The third kappa shape index (κ3) is 5.24. The second kappa shape index (κ2) is 9.97. The number of nitrogens with zero attached hydrogens (tertiary/aromatic N) is 4. The van der Waals surface area contributed by atoms with Crippen molar-refractivity contribution in [3.8, 4) is 18.1 Å². The molecule has 2 N–H and O–H groups in total. The van der Waals surface area contributed by atoms with Crippen molar-refractivity contribution in [3.05, 3.63) is 60.0 Å². The minimum atomic E-state index is 0.282. The monoisotopic (exact) mass is 376 g/mol. The molecule has 0 fully saturated rings. The second-order valence-electron chi connectivity index (χ2n) is 6.05. The molecule has 7 heteroatoms. The summed E-state index contributed by atoms with van der Waals surface area (Å²) in [7, 11) is 0. The minimum Gasteiger partial charge on any atom is -0.481 e. The van der Waals surface area contributed by atoms with E-state index in [0.717, 1.165) is 42.7 Å². The molecule has 144 valence electrons. The number of hydrogen-bond donors (Lipinski definition) is 2. The number of rotatable bonds is 8. The van der Waals surface area contributed by atoms with Crippen LogP contribution in [0.1, 0.15) is 18.3 Å². The highest BCUT2D eigenvalue weighted by atomic mass is 16.5. The van der Waals surface area contributed by atoms with Crippen molar-refractivity contribution in [1.82, 2.24) is 25.2 Å². The number of nitrogens with one attached hydrogen (secondary N) is 2. The standard InChI is InChI=1S/C21H24N6O/c1-3-15-28-18-10-8-17(9-11-18)12-13-23-21(22-4-2)24-16-20-26-25-19-7-5-6-14-27(19)20/h1,5-11,14H,4,12-13,15-16H2,2H3,(H2,22,23,24). The van der Waals surface area contributed by atoms with Gasteiger partial charge in [-0.3, -0.25) is 4.40 Å². The summed E-state index contributed by atoms with van der Waals surface area (Å²) in [5.41, 5.74) is 2.03. The molecular weight excluding hydrogens is 352 g/mol. The highest BCUT2D eigenvalue weighted by Gasteiger charge is 2.04. The largest absolute Gasteiger partial charge is 0.481 e. The molecule has 0 radical (unpaired) electrons. The van der Waals surface area contributed by atoms with Gasteiger partial charge in [0.25, 0.3) is 0 Å². The lowest BCUT2D eigenvalue weighted by Crippen LogP contribution is -2.38. The van der Waals surface area contributed by atoms with Crippen molar-refractivity contribution in [1.29, 1.82) is 0 Å². The van der Waals surface area contributed by atoms with Gasteiger partial charge in [0.05, 0.1) is 0 Å². The van der Waals surface area contributed by atoms with Crippen LogP contribution in [0.5, 0.6) is 5.75 Å². The van der Waals surface area contributed by atoms with Crippen LogP contribution in [-0.2, 0) is 13.0 Å². The molecular formula is C21H24N6O. The van der Waals surface area contributed by atoms with Crippen molar-refractivity contribution in [2.45, 2.75) is 19.9 Å². The Kier molecular flexibility index (Phi) is 6.85. The molecule has 3 aromatic rings. The van der Waals surface area contributed by atoms with Gasteiger partial charge in [-0.1, -0.05) is 24.1 Å². The minimum absolute atomic E-state index is 0.282. The first kappa shape index (κ1) is 19.2. The molecule has 0 aliphatic carbocycles. The number of terminal acetylenes is 1. The molecule has 7 nitrogen and oxygen atoms in total. The summed E-state index contributed by atoms with van der Waals surface area (Å²) in [6, 6.07) is 13.8. The van der Waals surface area contributed by atoms with Crippen LogP contribution in [0.2, 0.25) is 0 Å². The first-order valence-corrected chi connectivity index (χ1v) is 9.26. The van der Waals surface area contributed by atoms with E-state index in [0.29, 0.717) is 6.54 Å². The maximum absolute atomic E-state index is 5.39. The number of aliphatic imine (C=N–C) groups is 1. The molecule has 28 heavy (non-hydrogen) atoms. The molecule has 0 atom stereocenters. The van der Waals surface area contributed by atoms with Crippen LogP contribution in [0.15, 0.2) is 53.7 Å². The van der Waals surface area contributed by atoms with Crippen molar-refractivity contribution in [3.63, 3.8) is 0 Å². The highest BCUT2D eigenvalue weighted by Crippen LogP contribution is 2.12. The third-order valence-electron chi connectivity index (χ3n) is 4.06. The Hall–Kier alpha value is -3.53. The van der Waals surface area contributed by atoms with Gasteiger partial charge in [0, 0.05) is 19.3 Å². The quantitative estimate of drug-likeness (QED) is 0.357. The van der Waals surface area contributed by atoms with E-state index >= 15 is 0 Å². The maximum Gasteiger partial charge on any atom is 0.191 e. The van der Waals surface area contributed by atoms with E-state index in [9.17, 15) is 0 Å². The molecule has 0 saturated heterocycles. The lowest BCUT2D eigenvalue weighted by molar-refractivity contribution is 0.370. The van der Waals surface area contributed by atoms with Crippen LogP contribution in [0.4, 0.5) is 0 Å². The number of aromatic nitrogens is 3. The van der Waals surface area contributed by atoms with Gasteiger partial charge >= 0.3 is 0 Å². The van der Waals surface area contributed by atoms with Gasteiger partial charge in [0.15, 0.2) is 17.4 Å². The molecule has 0 unspecified atom stereocenters. The van der Waals surface area contributed by atoms with Crippen LogP contribution in [0.25, 0.3) is 5.65 Å². The summed E-state index contributed by atoms with van der Waals surface area (Å²) >= 11 is 0. The number of benzene rings is 1. The van der Waals surface area contributed by atoms with E-state index in [4.69, 9.17) is 11.2 Å². The van der Waals surface area contributed by atoms with Crippen molar-refractivity contribution >= 4 is 11.6 Å². The molecule has 0 bridgehead atoms. The molecule has 0 amide bonds. The highest BCUT2D eigenvalue weighted by molar-refractivity contribution is 5.79. The van der Waals surface area contributed by atoms with Crippen molar-refractivity contribution in [2.75, 3.05) is 19.7 Å². The number of fused-ring (bicyclic) bond motifs is 1. The van der Waals surface area contributed by atoms with Crippen LogP contribution < -0.4 is 15.4 Å². The van der Waals surface area contributed by atoms with Crippen LogP contribution >= 0.6 is 0 Å². The fourth-order valence-corrected chi connectivity index (χ4v) is 2.69. The van der Waals surface area contributed by atoms with Gasteiger partial charge in [0.1, 0.15) is 18.9 Å². The number of ether oxygens (including phenoxy) is 1. The normalized spacial score (nSPS) is 11.2. The summed E-state index contributed by atoms with van der Waals surface area (Å²) in [6.45, 7) is 4.32. The zero-order chi connectivity index (χ0) is 19.6. The van der Waals surface area contributed by atoms with Crippen LogP contribution in [-0.4, -0.2) is 40.3 Å². The fourth-order valence-electron chi connectivity index (χ4n) is 2.69. The summed E-state index contributed by atoms with van der Waals surface area (Å²) in [5, 5.41) is 15.0. The van der Waals surface area contributed by atoms with Crippen molar-refractivity contribution < 1.29 is 4.74 Å². The smallest absolute Gasteiger partial charge is 0.191 e. The topological polar surface area (TPSA) is 75.8 Å². The van der Waals surface area contributed by atoms with E-state index in [1.165, 1.54) is 5.56 Å². The molecule has 0 spiro atoms. The Labute approximate surface area is 164 Å². The van der Waals surface area contributed by atoms with E-state index in [-0.39, 0.29) is 6.61 Å². The molecule has 2 aromatic heterocycles. The first-order chi connectivity index (χ1) is 13.8. The van der Waals surface area contributed by atoms with E-state index in [1.807, 2.05) is 60.0 Å². The zero-order valence-electron chi connectivity index (χ0n) is 15.9. The SMILES string of the molecule is C#CCOc1ccc(CCNC(=NCc2nnc3ccccn23)NCC)cc1. The summed E-state index contributed by atoms with van der Waals surface area (Å²) in [5.74, 6) is 4.80.